The summed E-state index contributed by atoms with van der Waals surface area (Å²) in [5.74, 6) is 5.55. The van der Waals surface area contributed by atoms with Gasteiger partial charge in [0.25, 0.3) is 0 Å². The van der Waals surface area contributed by atoms with Gasteiger partial charge < -0.3 is 4.74 Å². The van der Waals surface area contributed by atoms with Crippen molar-refractivity contribution in [3.63, 3.8) is 0 Å². The van der Waals surface area contributed by atoms with Crippen LogP contribution in [-0.2, 0) is 11.4 Å². The number of hydrogen-bond donors (Lipinski definition) is 1. The third kappa shape index (κ3) is 3.72. The Morgan fingerprint density at radius 3 is 2.50 bits per heavy atom. The molecule has 0 fully saturated rings. The molecule has 0 amide bonds. The van der Waals surface area contributed by atoms with Gasteiger partial charge in [-0.25, -0.2) is 10.9 Å². The highest BCUT2D eigenvalue weighted by Gasteiger charge is 2.12. The summed E-state index contributed by atoms with van der Waals surface area (Å²) in [5.41, 5.74) is 0.701. The van der Waals surface area contributed by atoms with E-state index in [1.165, 1.54) is 0 Å². The molecule has 0 aliphatic heterocycles. The standard InChI is InChI=1S/C10H16N2O2/c1-10(2,3)14-9-5-4-8(6-12-9)7-13-11/h4-6H,7,11H2,1-3H3. The van der Waals surface area contributed by atoms with Crippen LogP contribution in [0.1, 0.15) is 26.3 Å². The maximum atomic E-state index is 5.55. The average molecular weight is 196 g/mol. The molecule has 1 aromatic heterocycles. The average Bonchev–Trinajstić information content (AvgIpc) is 2.06. The van der Waals surface area contributed by atoms with Gasteiger partial charge in [-0.15, -0.1) is 0 Å². The first-order valence-electron chi connectivity index (χ1n) is 4.47. The zero-order valence-corrected chi connectivity index (χ0v) is 8.78. The topological polar surface area (TPSA) is 57.4 Å². The minimum atomic E-state index is -0.223. The van der Waals surface area contributed by atoms with E-state index in [4.69, 9.17) is 10.6 Å². The molecular formula is C10H16N2O2. The Morgan fingerprint density at radius 1 is 1.36 bits per heavy atom. The molecule has 78 valence electrons. The van der Waals surface area contributed by atoms with E-state index in [0.29, 0.717) is 12.5 Å². The van der Waals surface area contributed by atoms with Crippen LogP contribution in [0.25, 0.3) is 0 Å². The molecule has 2 N–H and O–H groups in total. The van der Waals surface area contributed by atoms with Crippen molar-refractivity contribution in [3.8, 4) is 5.88 Å². The molecule has 4 nitrogen and oxygen atoms in total. The Bertz CT molecular complexity index is 277. The molecule has 0 aromatic carbocycles. The minimum absolute atomic E-state index is 0.223. The molecule has 1 rings (SSSR count). The van der Waals surface area contributed by atoms with Gasteiger partial charge in [-0.05, 0) is 32.4 Å². The van der Waals surface area contributed by atoms with Crippen LogP contribution in [0.2, 0.25) is 0 Å². The van der Waals surface area contributed by atoms with Gasteiger partial charge >= 0.3 is 0 Å². The van der Waals surface area contributed by atoms with E-state index in [-0.39, 0.29) is 5.60 Å². The van der Waals surface area contributed by atoms with Crippen LogP contribution in [0.4, 0.5) is 0 Å². The molecule has 0 bridgehead atoms. The van der Waals surface area contributed by atoms with Crippen LogP contribution in [0, 0.1) is 0 Å². The third-order valence-electron chi connectivity index (χ3n) is 1.46. The van der Waals surface area contributed by atoms with Crippen LogP contribution in [0.5, 0.6) is 5.88 Å². The second-order valence-electron chi connectivity index (χ2n) is 4.03. The monoisotopic (exact) mass is 196 g/mol. The molecule has 1 aromatic rings. The third-order valence-corrected chi connectivity index (χ3v) is 1.46. The van der Waals surface area contributed by atoms with Crippen molar-refractivity contribution in [2.45, 2.75) is 33.0 Å². The normalized spacial score (nSPS) is 11.4. The number of nitrogens with two attached hydrogens (primary N) is 1. The fourth-order valence-electron chi connectivity index (χ4n) is 0.967. The molecule has 0 aliphatic rings. The first-order chi connectivity index (χ1) is 6.51. The van der Waals surface area contributed by atoms with Crippen molar-refractivity contribution < 1.29 is 9.57 Å². The van der Waals surface area contributed by atoms with Crippen LogP contribution in [-0.4, -0.2) is 10.6 Å². The summed E-state index contributed by atoms with van der Waals surface area (Å²) in [6.45, 7) is 6.30. The number of ether oxygens (including phenoxy) is 1. The highest BCUT2D eigenvalue weighted by Crippen LogP contribution is 2.15. The quantitative estimate of drug-likeness (QED) is 0.747. The van der Waals surface area contributed by atoms with E-state index in [1.807, 2.05) is 26.8 Å². The van der Waals surface area contributed by atoms with E-state index in [2.05, 4.69) is 9.82 Å². The van der Waals surface area contributed by atoms with E-state index in [9.17, 15) is 0 Å². The fraction of sp³-hybridized carbons (Fsp3) is 0.500. The fourth-order valence-corrected chi connectivity index (χ4v) is 0.967. The lowest BCUT2D eigenvalue weighted by Gasteiger charge is -2.20. The van der Waals surface area contributed by atoms with Crippen molar-refractivity contribution in [3.05, 3.63) is 23.9 Å². The Morgan fingerprint density at radius 2 is 2.07 bits per heavy atom. The molecule has 0 radical (unpaired) electrons. The molecule has 0 unspecified atom stereocenters. The number of aromatic nitrogens is 1. The summed E-state index contributed by atoms with van der Waals surface area (Å²) in [4.78, 5) is 8.61. The zero-order chi connectivity index (χ0) is 10.6. The van der Waals surface area contributed by atoms with E-state index in [1.54, 1.807) is 12.3 Å². The van der Waals surface area contributed by atoms with Gasteiger partial charge in [0, 0.05) is 12.3 Å². The van der Waals surface area contributed by atoms with E-state index >= 15 is 0 Å². The Kier molecular flexibility index (Phi) is 3.43. The summed E-state index contributed by atoms with van der Waals surface area (Å²) in [5, 5.41) is 0. The second kappa shape index (κ2) is 4.39. The zero-order valence-electron chi connectivity index (χ0n) is 8.78. The molecule has 0 spiro atoms. The lowest BCUT2D eigenvalue weighted by molar-refractivity contribution is 0.119. The largest absolute Gasteiger partial charge is 0.472 e. The highest BCUT2D eigenvalue weighted by atomic mass is 16.6. The van der Waals surface area contributed by atoms with Crippen molar-refractivity contribution >= 4 is 0 Å². The minimum Gasteiger partial charge on any atom is -0.472 e. The summed E-state index contributed by atoms with van der Waals surface area (Å²) >= 11 is 0. The molecule has 1 heterocycles. The number of hydrogen-bond acceptors (Lipinski definition) is 4. The SMILES string of the molecule is CC(C)(C)Oc1ccc(CON)cn1. The van der Waals surface area contributed by atoms with Crippen molar-refractivity contribution in [2.24, 2.45) is 5.90 Å². The Balaban J connectivity index is 2.64. The van der Waals surface area contributed by atoms with E-state index in [0.717, 1.165) is 5.56 Å². The van der Waals surface area contributed by atoms with Crippen molar-refractivity contribution in [1.82, 2.24) is 4.98 Å². The number of rotatable bonds is 3. The number of pyridine rings is 1. The Labute approximate surface area is 84.0 Å². The maximum Gasteiger partial charge on any atom is 0.213 e. The summed E-state index contributed by atoms with van der Waals surface area (Å²) in [6, 6.07) is 3.68. The van der Waals surface area contributed by atoms with Gasteiger partial charge in [0.1, 0.15) is 5.60 Å². The lowest BCUT2D eigenvalue weighted by Crippen LogP contribution is -2.23. The predicted molar refractivity (Wildman–Crippen MR) is 53.6 cm³/mol. The molecular weight excluding hydrogens is 180 g/mol. The summed E-state index contributed by atoms with van der Waals surface area (Å²) < 4.78 is 5.55. The molecule has 0 atom stereocenters. The first-order valence-corrected chi connectivity index (χ1v) is 4.47. The van der Waals surface area contributed by atoms with Gasteiger partial charge in [0.15, 0.2) is 0 Å². The van der Waals surface area contributed by atoms with Crippen LogP contribution < -0.4 is 10.6 Å². The van der Waals surface area contributed by atoms with Gasteiger partial charge in [0.05, 0.1) is 6.61 Å². The smallest absolute Gasteiger partial charge is 0.213 e. The number of nitrogens with zero attached hydrogens (tertiary/aromatic N) is 1. The molecule has 0 saturated heterocycles. The molecule has 4 heteroatoms. The van der Waals surface area contributed by atoms with Crippen LogP contribution >= 0.6 is 0 Å². The van der Waals surface area contributed by atoms with E-state index < -0.39 is 0 Å². The second-order valence-corrected chi connectivity index (χ2v) is 4.03. The summed E-state index contributed by atoms with van der Waals surface area (Å²) in [7, 11) is 0. The van der Waals surface area contributed by atoms with Gasteiger partial charge in [-0.3, -0.25) is 4.84 Å². The maximum absolute atomic E-state index is 5.55. The van der Waals surface area contributed by atoms with Crippen molar-refractivity contribution in [2.75, 3.05) is 0 Å². The highest BCUT2D eigenvalue weighted by molar-refractivity contribution is 5.17. The summed E-state index contributed by atoms with van der Waals surface area (Å²) in [6.07, 6.45) is 1.69. The lowest BCUT2D eigenvalue weighted by atomic mass is 10.2. The van der Waals surface area contributed by atoms with Gasteiger partial charge in [0.2, 0.25) is 5.88 Å². The predicted octanol–water partition coefficient (Wildman–Crippen LogP) is 1.65. The first kappa shape index (κ1) is 10.9. The van der Waals surface area contributed by atoms with Crippen LogP contribution in [0.15, 0.2) is 18.3 Å². The molecule has 0 aliphatic carbocycles. The molecule has 14 heavy (non-hydrogen) atoms. The van der Waals surface area contributed by atoms with Gasteiger partial charge in [-0.2, -0.15) is 0 Å². The van der Waals surface area contributed by atoms with Gasteiger partial charge in [-0.1, -0.05) is 0 Å². The molecule has 0 saturated carbocycles. The van der Waals surface area contributed by atoms with Crippen molar-refractivity contribution in [1.29, 1.82) is 0 Å². The Hall–Kier alpha value is -1.13. The van der Waals surface area contributed by atoms with Crippen LogP contribution in [0.3, 0.4) is 0 Å².